The Morgan fingerprint density at radius 3 is 2.48 bits per heavy atom. The molecule has 2 aromatic carbocycles. The van der Waals surface area contributed by atoms with E-state index in [4.69, 9.17) is 0 Å². The van der Waals surface area contributed by atoms with Crippen molar-refractivity contribution in [3.63, 3.8) is 0 Å². The molecular weight excluding hydrogens is 420 g/mol. The second-order valence-electron chi connectivity index (χ2n) is 5.67. The number of nitrogens with zero attached hydrogens (tertiary/aromatic N) is 2. The van der Waals surface area contributed by atoms with Crippen LogP contribution in [0.4, 0.5) is 11.4 Å². The number of nitrogens with one attached hydrogen (secondary N) is 2. The molecule has 0 bridgehead atoms. The Bertz CT molecular complexity index is 931. The van der Waals surface area contributed by atoms with Gasteiger partial charge < -0.3 is 0 Å². The molecule has 2 aromatic rings. The predicted octanol–water partition coefficient (Wildman–Crippen LogP) is 1.92. The second-order valence-corrected chi connectivity index (χ2v) is 6.59. The number of hydrogen-bond acceptors (Lipinski definition) is 6. The Kier molecular flexibility index (Phi) is 5.28. The van der Waals surface area contributed by atoms with E-state index in [1.807, 2.05) is 0 Å². The molecule has 0 radical (unpaired) electrons. The Balaban J connectivity index is 1.70. The summed E-state index contributed by atoms with van der Waals surface area (Å²) in [5.41, 5.74) is 4.67. The zero-order valence-electron chi connectivity index (χ0n) is 13.7. The Hall–Kier alpha value is -3.11. The number of carbonyl (C=O) groups is 3. The summed E-state index contributed by atoms with van der Waals surface area (Å²) in [7, 11) is 0. The van der Waals surface area contributed by atoms with Gasteiger partial charge in [-0.1, -0.05) is 28.1 Å². The number of anilines is 1. The molecule has 1 saturated heterocycles. The van der Waals surface area contributed by atoms with Gasteiger partial charge in [0, 0.05) is 10.5 Å². The maximum Gasteiger partial charge on any atom is 0.282 e. The van der Waals surface area contributed by atoms with Crippen LogP contribution >= 0.6 is 15.9 Å². The fourth-order valence-corrected chi connectivity index (χ4v) is 2.92. The van der Waals surface area contributed by atoms with E-state index in [2.05, 4.69) is 26.8 Å². The van der Waals surface area contributed by atoms with Crippen LogP contribution in [0, 0.1) is 10.1 Å². The first kappa shape index (κ1) is 18.7. The van der Waals surface area contributed by atoms with Crippen LogP contribution in [0.15, 0.2) is 53.0 Å². The molecule has 27 heavy (non-hydrogen) atoms. The van der Waals surface area contributed by atoms with Crippen molar-refractivity contribution >= 4 is 45.0 Å². The van der Waals surface area contributed by atoms with Crippen LogP contribution in [0.2, 0.25) is 0 Å². The number of amides is 3. The number of carbonyl (C=O) groups excluding carboxylic acids is 3. The van der Waals surface area contributed by atoms with Gasteiger partial charge in [0.2, 0.25) is 5.91 Å². The van der Waals surface area contributed by atoms with Crippen molar-refractivity contribution < 1.29 is 19.3 Å². The van der Waals surface area contributed by atoms with Gasteiger partial charge >= 0.3 is 0 Å². The minimum absolute atomic E-state index is 0.147. The quantitative estimate of drug-likeness (QED) is 0.422. The number of benzene rings is 2. The van der Waals surface area contributed by atoms with Crippen molar-refractivity contribution in [1.29, 1.82) is 0 Å². The van der Waals surface area contributed by atoms with Crippen LogP contribution in [-0.2, 0) is 9.59 Å². The summed E-state index contributed by atoms with van der Waals surface area (Å²) in [6, 6.07) is 11.1. The van der Waals surface area contributed by atoms with Gasteiger partial charge in [-0.05, 0) is 30.3 Å². The van der Waals surface area contributed by atoms with Crippen molar-refractivity contribution in [1.82, 2.24) is 10.9 Å². The number of hydrazine groups is 1. The minimum Gasteiger partial charge on any atom is -0.286 e. The Morgan fingerprint density at radius 2 is 1.81 bits per heavy atom. The van der Waals surface area contributed by atoms with E-state index in [0.29, 0.717) is 5.69 Å². The van der Waals surface area contributed by atoms with Crippen molar-refractivity contribution in [2.75, 3.05) is 4.90 Å². The number of halogens is 1. The molecule has 3 rings (SSSR count). The molecule has 1 atom stereocenters. The molecule has 0 spiro atoms. The molecule has 1 aliphatic heterocycles. The van der Waals surface area contributed by atoms with E-state index in [-0.39, 0.29) is 17.7 Å². The lowest BCUT2D eigenvalue weighted by molar-refractivity contribution is -0.385. The lowest BCUT2D eigenvalue weighted by Crippen LogP contribution is -2.48. The fourth-order valence-electron chi connectivity index (χ4n) is 2.65. The number of imide groups is 1. The molecule has 3 amide bonds. The third-order valence-electron chi connectivity index (χ3n) is 3.94. The summed E-state index contributed by atoms with van der Waals surface area (Å²) in [6.45, 7) is 0. The molecule has 0 aromatic heterocycles. The predicted molar refractivity (Wildman–Crippen MR) is 98.7 cm³/mol. The van der Waals surface area contributed by atoms with Crippen LogP contribution in [0.1, 0.15) is 16.8 Å². The SMILES string of the molecule is O=C(NNC1CC(=O)N(c2ccc(Br)cc2)C1=O)c1ccccc1[N+](=O)[O-]. The van der Waals surface area contributed by atoms with Gasteiger partial charge in [-0.3, -0.25) is 29.9 Å². The molecule has 1 fully saturated rings. The van der Waals surface area contributed by atoms with Crippen LogP contribution in [0.5, 0.6) is 0 Å². The zero-order chi connectivity index (χ0) is 19.6. The highest BCUT2D eigenvalue weighted by Crippen LogP contribution is 2.24. The highest BCUT2D eigenvalue weighted by atomic mass is 79.9. The average Bonchev–Trinajstić information content (AvgIpc) is 2.94. The summed E-state index contributed by atoms with van der Waals surface area (Å²) < 4.78 is 0.803. The van der Waals surface area contributed by atoms with Crippen molar-refractivity contribution in [3.8, 4) is 0 Å². The fraction of sp³-hybridized carbons (Fsp3) is 0.118. The summed E-state index contributed by atoms with van der Waals surface area (Å²) in [5.74, 6) is -1.71. The molecule has 2 N–H and O–H groups in total. The maximum atomic E-state index is 12.5. The van der Waals surface area contributed by atoms with Crippen LogP contribution in [0.3, 0.4) is 0 Å². The number of nitro groups is 1. The first-order valence-electron chi connectivity index (χ1n) is 7.80. The van der Waals surface area contributed by atoms with Gasteiger partial charge in [0.15, 0.2) is 0 Å². The third-order valence-corrected chi connectivity index (χ3v) is 4.47. The van der Waals surface area contributed by atoms with Gasteiger partial charge in [-0.2, -0.15) is 0 Å². The van der Waals surface area contributed by atoms with E-state index in [0.717, 1.165) is 9.37 Å². The number of nitro benzene ring substituents is 1. The first-order chi connectivity index (χ1) is 12.9. The Morgan fingerprint density at radius 1 is 1.15 bits per heavy atom. The highest BCUT2D eigenvalue weighted by molar-refractivity contribution is 9.10. The molecule has 138 valence electrons. The van der Waals surface area contributed by atoms with Gasteiger partial charge in [0.1, 0.15) is 11.6 Å². The summed E-state index contributed by atoms with van der Waals surface area (Å²) in [4.78, 5) is 48.3. The summed E-state index contributed by atoms with van der Waals surface area (Å²) in [6.07, 6.45) is -0.147. The van der Waals surface area contributed by atoms with E-state index in [1.165, 1.54) is 24.3 Å². The number of rotatable bonds is 5. The topological polar surface area (TPSA) is 122 Å². The van der Waals surface area contributed by atoms with Crippen molar-refractivity contribution in [2.24, 2.45) is 0 Å². The smallest absolute Gasteiger partial charge is 0.282 e. The van der Waals surface area contributed by atoms with Crippen LogP contribution in [-0.4, -0.2) is 28.7 Å². The van der Waals surface area contributed by atoms with Gasteiger partial charge in [0.05, 0.1) is 17.0 Å². The average molecular weight is 433 g/mol. The monoisotopic (exact) mass is 432 g/mol. The third kappa shape index (κ3) is 3.86. The largest absolute Gasteiger partial charge is 0.286 e. The standard InChI is InChI=1S/C17H13BrN4O5/c18-10-5-7-11(8-6-10)21-15(23)9-13(17(21)25)19-20-16(24)12-3-1-2-4-14(12)22(26)27/h1-8,13,19H,9H2,(H,20,24). The van der Waals surface area contributed by atoms with Crippen LogP contribution < -0.4 is 15.8 Å². The van der Waals surface area contributed by atoms with Crippen LogP contribution in [0.25, 0.3) is 0 Å². The summed E-state index contributed by atoms with van der Waals surface area (Å²) >= 11 is 3.28. The minimum atomic E-state index is -0.965. The van der Waals surface area contributed by atoms with Gasteiger partial charge in [-0.25, -0.2) is 10.3 Å². The molecule has 0 aliphatic carbocycles. The lowest BCUT2D eigenvalue weighted by atomic mass is 10.2. The molecule has 10 heteroatoms. The van der Waals surface area contributed by atoms with Crippen molar-refractivity contribution in [2.45, 2.75) is 12.5 Å². The van der Waals surface area contributed by atoms with E-state index in [9.17, 15) is 24.5 Å². The second kappa shape index (κ2) is 7.64. The Labute approximate surface area is 161 Å². The molecule has 9 nitrogen and oxygen atoms in total. The van der Waals surface area contributed by atoms with Gasteiger partial charge in [-0.15, -0.1) is 0 Å². The van der Waals surface area contributed by atoms with Gasteiger partial charge in [0.25, 0.3) is 17.5 Å². The zero-order valence-corrected chi connectivity index (χ0v) is 15.3. The molecule has 1 aliphatic rings. The van der Waals surface area contributed by atoms with E-state index >= 15 is 0 Å². The molecular formula is C17H13BrN4O5. The molecule has 1 unspecified atom stereocenters. The van der Waals surface area contributed by atoms with E-state index in [1.54, 1.807) is 24.3 Å². The van der Waals surface area contributed by atoms with Crippen molar-refractivity contribution in [3.05, 3.63) is 68.7 Å². The number of para-hydroxylation sites is 1. The van der Waals surface area contributed by atoms with E-state index < -0.39 is 28.7 Å². The summed E-state index contributed by atoms with van der Waals surface area (Å²) in [5, 5.41) is 11.0. The maximum absolute atomic E-state index is 12.5. The molecule has 1 heterocycles. The molecule has 0 saturated carbocycles. The first-order valence-corrected chi connectivity index (χ1v) is 8.59. The highest BCUT2D eigenvalue weighted by Gasteiger charge is 2.39. The number of hydrogen-bond donors (Lipinski definition) is 2. The lowest BCUT2D eigenvalue weighted by Gasteiger charge is -2.16. The normalized spacial score (nSPS) is 16.5.